The molecule has 0 aromatic heterocycles. The van der Waals surface area contributed by atoms with Crippen LogP contribution in [0.2, 0.25) is 0 Å². The third-order valence-electron chi connectivity index (χ3n) is 0. The van der Waals surface area contributed by atoms with Gasteiger partial charge in [-0.05, 0) is 0 Å². The monoisotopic (exact) mass is 536 g/mol. The minimum Gasteiger partial charge on any atom is -0.412 e. The summed E-state index contributed by atoms with van der Waals surface area (Å²) in [6.45, 7) is 0. The maximum absolute atomic E-state index is 0. The smallest absolute Gasteiger partial charge is 0 e. The van der Waals surface area contributed by atoms with Crippen LogP contribution in [0.3, 0.4) is 0 Å². The van der Waals surface area contributed by atoms with Gasteiger partial charge in [-0.25, -0.2) is 0 Å². The quantitative estimate of drug-likeness (QED) is 0.280. The van der Waals surface area contributed by atoms with Crippen LogP contribution in [0, 0.1) is 0 Å². The normalized spacial score (nSPS) is 0. The van der Waals surface area contributed by atoms with Crippen LogP contribution in [-0.2, 0) is 40.8 Å². The van der Waals surface area contributed by atoms with Crippen LogP contribution in [0.25, 0.3) is 0 Å². The fourth-order valence-corrected chi connectivity index (χ4v) is 0. The largest absolute Gasteiger partial charge is 0.412 e. The first-order valence-corrected chi connectivity index (χ1v) is 0. The average Bonchev–Trinajstić information content (AvgIpc) is 0. The van der Waals surface area contributed by atoms with E-state index >= 15 is 0 Å². The van der Waals surface area contributed by atoms with Gasteiger partial charge in [0.05, 0.1) is 0 Å². The molecule has 0 aliphatic carbocycles. The first-order chi connectivity index (χ1) is 0. The third kappa shape index (κ3) is 947. The molecule has 0 aromatic rings. The fourth-order valence-electron chi connectivity index (χ4n) is 0. The molecule has 11 heavy (non-hydrogen) atoms. The molecule has 0 spiro atoms. The van der Waals surface area contributed by atoms with Gasteiger partial charge in [0, 0.05) is 40.8 Å². The first-order valence-electron chi connectivity index (χ1n) is 0. The third-order valence-corrected chi connectivity index (χ3v) is 0. The standard InChI is InChI=1S/9H2O.2Re/h9*1H2;;. The van der Waals surface area contributed by atoms with Crippen molar-refractivity contribution in [3.63, 3.8) is 0 Å². The second kappa shape index (κ2) is 1170. The zero-order valence-corrected chi connectivity index (χ0v) is 10.7. The van der Waals surface area contributed by atoms with Crippen LogP contribution in [0.15, 0.2) is 0 Å². The molecule has 2 radical (unpaired) electrons. The SMILES string of the molecule is O.O.O.O.O.O.O.O.O.[Re].[Re]. The molecule has 0 saturated carbocycles. The molecule has 0 aliphatic heterocycles. The molecule has 0 bridgehead atoms. The molecule has 11 heteroatoms. The van der Waals surface area contributed by atoms with Crippen molar-refractivity contribution in [2.75, 3.05) is 0 Å². The van der Waals surface area contributed by atoms with E-state index in [1.165, 1.54) is 0 Å². The van der Waals surface area contributed by atoms with Crippen molar-refractivity contribution in [3.05, 3.63) is 0 Å². The number of hydrogen-bond acceptors (Lipinski definition) is 0. The summed E-state index contributed by atoms with van der Waals surface area (Å²) in [6.07, 6.45) is 0. The Balaban J connectivity index is 0. The summed E-state index contributed by atoms with van der Waals surface area (Å²) in [7, 11) is 0. The number of hydrogen-bond donors (Lipinski definition) is 0. The fraction of sp³-hybridized carbons (Fsp3) is 0. The van der Waals surface area contributed by atoms with Gasteiger partial charge in [0.15, 0.2) is 0 Å². The van der Waals surface area contributed by atoms with E-state index in [4.69, 9.17) is 0 Å². The summed E-state index contributed by atoms with van der Waals surface area (Å²) >= 11 is 0. The molecule has 0 heterocycles. The van der Waals surface area contributed by atoms with E-state index in [-0.39, 0.29) is 90.1 Å². The Hall–Kier alpha value is 0.965. The van der Waals surface area contributed by atoms with Crippen LogP contribution in [0.5, 0.6) is 0 Å². The maximum Gasteiger partial charge on any atom is 0 e. The summed E-state index contributed by atoms with van der Waals surface area (Å²) in [5.74, 6) is 0. The van der Waals surface area contributed by atoms with Gasteiger partial charge < -0.3 is 49.3 Å². The second-order valence-electron chi connectivity index (χ2n) is 0. The average molecular weight is 535 g/mol. The van der Waals surface area contributed by atoms with E-state index in [1.807, 2.05) is 0 Å². The molecule has 0 atom stereocenters. The van der Waals surface area contributed by atoms with Crippen molar-refractivity contribution < 1.29 is 90.1 Å². The zero-order chi connectivity index (χ0) is 0. The summed E-state index contributed by atoms with van der Waals surface area (Å²) in [5.41, 5.74) is 0. The van der Waals surface area contributed by atoms with Gasteiger partial charge in [0.2, 0.25) is 0 Å². The molecule has 9 nitrogen and oxygen atoms in total. The predicted molar refractivity (Wildman–Crippen MR) is 32.5 cm³/mol. The van der Waals surface area contributed by atoms with Crippen LogP contribution in [-0.4, -0.2) is 49.3 Å². The van der Waals surface area contributed by atoms with Crippen LogP contribution in [0.4, 0.5) is 0 Å². The Morgan fingerprint density at radius 2 is 0.182 bits per heavy atom. The Morgan fingerprint density at radius 3 is 0.182 bits per heavy atom. The molecule has 0 unspecified atom stereocenters. The molecule has 86 valence electrons. The maximum atomic E-state index is 0. The molecule has 0 aliphatic rings. The Kier molecular flexibility index (Phi) is 164000. The Labute approximate surface area is 90.3 Å². The van der Waals surface area contributed by atoms with E-state index in [0.717, 1.165) is 0 Å². The Bertz CT molecular complexity index is 7.52. The zero-order valence-electron chi connectivity index (χ0n) is 5.26. The van der Waals surface area contributed by atoms with Crippen molar-refractivity contribution in [3.8, 4) is 0 Å². The van der Waals surface area contributed by atoms with Crippen molar-refractivity contribution in [2.45, 2.75) is 0 Å². The molecular weight excluding hydrogens is 516 g/mol. The van der Waals surface area contributed by atoms with Crippen LogP contribution in [0.1, 0.15) is 0 Å². The minimum absolute atomic E-state index is 0. The van der Waals surface area contributed by atoms with Gasteiger partial charge in [-0.3, -0.25) is 0 Å². The van der Waals surface area contributed by atoms with E-state index in [1.54, 1.807) is 0 Å². The molecule has 0 rings (SSSR count). The second-order valence-corrected chi connectivity index (χ2v) is 0. The van der Waals surface area contributed by atoms with Crippen molar-refractivity contribution in [1.29, 1.82) is 0 Å². The first kappa shape index (κ1) is 1550. The Morgan fingerprint density at radius 1 is 0.182 bits per heavy atom. The topological polar surface area (TPSA) is 284 Å². The molecule has 18 N–H and O–H groups in total. The molecule has 0 amide bonds. The van der Waals surface area contributed by atoms with Gasteiger partial charge in [-0.15, -0.1) is 0 Å². The van der Waals surface area contributed by atoms with Crippen LogP contribution >= 0.6 is 0 Å². The van der Waals surface area contributed by atoms with Crippen molar-refractivity contribution in [2.24, 2.45) is 0 Å². The van der Waals surface area contributed by atoms with Crippen molar-refractivity contribution >= 4 is 0 Å². The number of rotatable bonds is 0. The summed E-state index contributed by atoms with van der Waals surface area (Å²) in [4.78, 5) is 0. The summed E-state index contributed by atoms with van der Waals surface area (Å²) in [6, 6.07) is 0. The van der Waals surface area contributed by atoms with E-state index in [9.17, 15) is 0 Å². The predicted octanol–water partition coefficient (Wildman–Crippen LogP) is -7.43. The van der Waals surface area contributed by atoms with Gasteiger partial charge in [-0.2, -0.15) is 0 Å². The van der Waals surface area contributed by atoms with E-state index in [2.05, 4.69) is 0 Å². The minimum atomic E-state index is 0. The summed E-state index contributed by atoms with van der Waals surface area (Å²) in [5, 5.41) is 0. The van der Waals surface area contributed by atoms with E-state index < -0.39 is 0 Å². The summed E-state index contributed by atoms with van der Waals surface area (Å²) < 4.78 is 0. The van der Waals surface area contributed by atoms with Crippen LogP contribution < -0.4 is 0 Å². The van der Waals surface area contributed by atoms with Gasteiger partial charge >= 0.3 is 0 Å². The van der Waals surface area contributed by atoms with E-state index in [0.29, 0.717) is 0 Å². The molecule has 0 fully saturated rings. The van der Waals surface area contributed by atoms with Gasteiger partial charge in [0.1, 0.15) is 0 Å². The molecule has 0 aromatic carbocycles. The van der Waals surface area contributed by atoms with Gasteiger partial charge in [0.25, 0.3) is 0 Å². The van der Waals surface area contributed by atoms with Gasteiger partial charge in [-0.1, -0.05) is 0 Å². The van der Waals surface area contributed by atoms with Crippen molar-refractivity contribution in [1.82, 2.24) is 0 Å². The molecular formula is H18O9Re2. The molecule has 0 saturated heterocycles.